The fraction of sp³-hybridized carbons (Fsp3) is 0.909. The Morgan fingerprint density at radius 1 is 1.38 bits per heavy atom. The average molecular weight is 233 g/mol. The maximum atomic E-state index is 11.8. The number of amides is 1. The zero-order valence-electron chi connectivity index (χ0n) is 10.4. The first kappa shape index (κ1) is 15.3. The number of hydrogen-bond acceptors (Lipinski definition) is 4. The van der Waals surface area contributed by atoms with E-state index < -0.39 is 0 Å². The van der Waals surface area contributed by atoms with Crippen molar-refractivity contribution in [1.29, 1.82) is 0 Å². The number of aliphatic hydroxyl groups is 1. The van der Waals surface area contributed by atoms with Gasteiger partial charge in [0.25, 0.3) is 0 Å². The molecule has 0 heterocycles. The molecule has 0 rings (SSSR count). The topological polar surface area (TPSA) is 59.0 Å². The lowest BCUT2D eigenvalue weighted by atomic mass is 10.2. The second kappa shape index (κ2) is 9.57. The van der Waals surface area contributed by atoms with Crippen LogP contribution in [-0.4, -0.2) is 62.5 Å². The number of rotatable bonds is 9. The van der Waals surface area contributed by atoms with Gasteiger partial charge in [-0.2, -0.15) is 0 Å². The molecule has 0 aromatic heterocycles. The van der Waals surface area contributed by atoms with Gasteiger partial charge in [0, 0.05) is 33.7 Å². The molecule has 1 unspecified atom stereocenters. The Balaban J connectivity index is 3.95. The van der Waals surface area contributed by atoms with Crippen molar-refractivity contribution in [1.82, 2.24) is 4.90 Å². The van der Waals surface area contributed by atoms with Crippen LogP contribution in [0.2, 0.25) is 0 Å². The van der Waals surface area contributed by atoms with E-state index >= 15 is 0 Å². The van der Waals surface area contributed by atoms with Crippen molar-refractivity contribution in [2.24, 2.45) is 0 Å². The van der Waals surface area contributed by atoms with Gasteiger partial charge < -0.3 is 19.5 Å². The summed E-state index contributed by atoms with van der Waals surface area (Å²) in [5, 5.41) is 8.85. The predicted octanol–water partition coefficient (Wildman–Crippen LogP) is 0.269. The summed E-state index contributed by atoms with van der Waals surface area (Å²) < 4.78 is 9.99. The average Bonchev–Trinajstić information content (AvgIpc) is 2.30. The standard InChI is InChI=1S/C11H23NO4/c1-10(16-3)4-5-11(14)12(6-8-13)7-9-15-2/h10,13H,4-9H2,1-3H3. The Bertz CT molecular complexity index is 187. The number of carbonyl (C=O) groups excluding carboxylic acids is 1. The molecule has 1 N–H and O–H groups in total. The number of nitrogens with zero attached hydrogens (tertiary/aromatic N) is 1. The van der Waals surface area contributed by atoms with E-state index in [-0.39, 0.29) is 18.6 Å². The molecule has 16 heavy (non-hydrogen) atoms. The third-order valence-corrected chi connectivity index (χ3v) is 2.46. The van der Waals surface area contributed by atoms with E-state index in [4.69, 9.17) is 14.6 Å². The van der Waals surface area contributed by atoms with Crippen molar-refractivity contribution >= 4 is 5.91 Å². The van der Waals surface area contributed by atoms with E-state index in [1.807, 2.05) is 6.92 Å². The van der Waals surface area contributed by atoms with E-state index in [9.17, 15) is 4.79 Å². The van der Waals surface area contributed by atoms with E-state index in [2.05, 4.69) is 0 Å². The molecule has 0 saturated carbocycles. The summed E-state index contributed by atoms with van der Waals surface area (Å²) in [7, 11) is 3.22. The van der Waals surface area contributed by atoms with Crippen LogP contribution in [0.3, 0.4) is 0 Å². The number of methoxy groups -OCH3 is 2. The van der Waals surface area contributed by atoms with Gasteiger partial charge in [0.1, 0.15) is 0 Å². The zero-order chi connectivity index (χ0) is 12.4. The summed E-state index contributed by atoms with van der Waals surface area (Å²) in [4.78, 5) is 13.4. The molecule has 0 bridgehead atoms. The van der Waals surface area contributed by atoms with Crippen LogP contribution in [0.25, 0.3) is 0 Å². The lowest BCUT2D eigenvalue weighted by Crippen LogP contribution is -2.36. The van der Waals surface area contributed by atoms with E-state index in [1.54, 1.807) is 19.1 Å². The summed E-state index contributed by atoms with van der Waals surface area (Å²) in [6.07, 6.45) is 1.23. The van der Waals surface area contributed by atoms with E-state index in [0.29, 0.717) is 32.5 Å². The molecule has 1 atom stereocenters. The summed E-state index contributed by atoms with van der Waals surface area (Å²) in [6.45, 7) is 3.29. The Labute approximate surface area is 97.3 Å². The molecule has 5 heteroatoms. The highest BCUT2D eigenvalue weighted by Crippen LogP contribution is 2.03. The molecular formula is C11H23NO4. The van der Waals surface area contributed by atoms with E-state index in [0.717, 1.165) is 0 Å². The van der Waals surface area contributed by atoms with Crippen molar-refractivity contribution in [2.75, 3.05) is 40.5 Å². The smallest absolute Gasteiger partial charge is 0.222 e. The highest BCUT2D eigenvalue weighted by molar-refractivity contribution is 5.76. The number of carbonyl (C=O) groups is 1. The van der Waals surface area contributed by atoms with Crippen LogP contribution in [0.5, 0.6) is 0 Å². The Hall–Kier alpha value is -0.650. The molecule has 0 saturated heterocycles. The van der Waals surface area contributed by atoms with Gasteiger partial charge in [0.15, 0.2) is 0 Å². The van der Waals surface area contributed by atoms with Gasteiger partial charge in [-0.3, -0.25) is 4.79 Å². The molecule has 0 aliphatic heterocycles. The lowest BCUT2D eigenvalue weighted by Gasteiger charge is -2.22. The lowest BCUT2D eigenvalue weighted by molar-refractivity contribution is -0.133. The minimum Gasteiger partial charge on any atom is -0.395 e. The van der Waals surface area contributed by atoms with Crippen LogP contribution in [0.4, 0.5) is 0 Å². The molecule has 0 aromatic rings. The summed E-state index contributed by atoms with van der Waals surface area (Å²) >= 11 is 0. The third-order valence-electron chi connectivity index (χ3n) is 2.46. The van der Waals surface area contributed by atoms with Crippen molar-refractivity contribution < 1.29 is 19.4 Å². The summed E-state index contributed by atoms with van der Waals surface area (Å²) in [6, 6.07) is 0. The third kappa shape index (κ3) is 6.76. The van der Waals surface area contributed by atoms with Crippen LogP contribution >= 0.6 is 0 Å². The maximum Gasteiger partial charge on any atom is 0.222 e. The molecular weight excluding hydrogens is 210 g/mol. The van der Waals surface area contributed by atoms with Gasteiger partial charge >= 0.3 is 0 Å². The molecule has 1 amide bonds. The predicted molar refractivity (Wildman–Crippen MR) is 61.2 cm³/mol. The second-order valence-corrected chi connectivity index (χ2v) is 3.68. The summed E-state index contributed by atoms with van der Waals surface area (Å²) in [5.74, 6) is 0.0370. The molecule has 0 aliphatic rings. The SMILES string of the molecule is COCCN(CCO)C(=O)CCC(C)OC. The van der Waals surface area contributed by atoms with Crippen LogP contribution in [0.1, 0.15) is 19.8 Å². The van der Waals surface area contributed by atoms with Crippen molar-refractivity contribution in [2.45, 2.75) is 25.9 Å². The van der Waals surface area contributed by atoms with Crippen molar-refractivity contribution in [3.63, 3.8) is 0 Å². The molecule has 0 aliphatic carbocycles. The summed E-state index contributed by atoms with van der Waals surface area (Å²) in [5.41, 5.74) is 0. The second-order valence-electron chi connectivity index (χ2n) is 3.68. The van der Waals surface area contributed by atoms with E-state index in [1.165, 1.54) is 0 Å². The minimum atomic E-state index is -0.0186. The van der Waals surface area contributed by atoms with Gasteiger partial charge in [0.05, 0.1) is 19.3 Å². The first-order valence-electron chi connectivity index (χ1n) is 5.56. The molecule has 0 radical (unpaired) electrons. The molecule has 0 aromatic carbocycles. The normalized spacial score (nSPS) is 12.5. The minimum absolute atomic E-state index is 0.0186. The fourth-order valence-electron chi connectivity index (χ4n) is 1.29. The number of ether oxygens (including phenoxy) is 2. The number of aliphatic hydroxyl groups excluding tert-OH is 1. The van der Waals surface area contributed by atoms with Crippen LogP contribution < -0.4 is 0 Å². The first-order valence-corrected chi connectivity index (χ1v) is 5.56. The van der Waals surface area contributed by atoms with Gasteiger partial charge in [-0.15, -0.1) is 0 Å². The van der Waals surface area contributed by atoms with Crippen molar-refractivity contribution in [3.8, 4) is 0 Å². The zero-order valence-corrected chi connectivity index (χ0v) is 10.4. The quantitative estimate of drug-likeness (QED) is 0.621. The number of hydrogen-bond donors (Lipinski definition) is 1. The van der Waals surface area contributed by atoms with Gasteiger partial charge in [-0.1, -0.05) is 0 Å². The highest BCUT2D eigenvalue weighted by atomic mass is 16.5. The fourth-order valence-corrected chi connectivity index (χ4v) is 1.29. The Kier molecular flexibility index (Phi) is 9.18. The van der Waals surface area contributed by atoms with Gasteiger partial charge in [-0.25, -0.2) is 0 Å². The Morgan fingerprint density at radius 2 is 2.06 bits per heavy atom. The molecule has 96 valence electrons. The maximum absolute atomic E-state index is 11.8. The molecule has 0 spiro atoms. The highest BCUT2D eigenvalue weighted by Gasteiger charge is 2.13. The Morgan fingerprint density at radius 3 is 2.56 bits per heavy atom. The van der Waals surface area contributed by atoms with Gasteiger partial charge in [-0.05, 0) is 13.3 Å². The van der Waals surface area contributed by atoms with Crippen LogP contribution in [0.15, 0.2) is 0 Å². The largest absolute Gasteiger partial charge is 0.395 e. The van der Waals surface area contributed by atoms with Crippen LogP contribution in [-0.2, 0) is 14.3 Å². The van der Waals surface area contributed by atoms with Gasteiger partial charge in [0.2, 0.25) is 5.91 Å². The van der Waals surface area contributed by atoms with Crippen molar-refractivity contribution in [3.05, 3.63) is 0 Å². The molecule has 5 nitrogen and oxygen atoms in total. The monoisotopic (exact) mass is 233 g/mol. The molecule has 0 fully saturated rings. The van der Waals surface area contributed by atoms with Crippen LogP contribution in [0, 0.1) is 0 Å². The first-order chi connectivity index (χ1) is 7.65.